The molecule has 0 saturated carbocycles. The van der Waals surface area contributed by atoms with Crippen LogP contribution in [0.4, 0.5) is 5.69 Å². The Morgan fingerprint density at radius 3 is 2.09 bits per heavy atom. The fourth-order valence-electron chi connectivity index (χ4n) is 3.01. The minimum Gasteiger partial charge on any atom is -0.492 e. The third kappa shape index (κ3) is 6.44. The summed E-state index contributed by atoms with van der Waals surface area (Å²) < 4.78 is 56.7. The van der Waals surface area contributed by atoms with Crippen molar-refractivity contribution in [3.8, 4) is 5.75 Å². The van der Waals surface area contributed by atoms with Gasteiger partial charge in [0.2, 0.25) is 26.0 Å². The molecule has 0 aromatic heterocycles. The minimum atomic E-state index is -3.68. The van der Waals surface area contributed by atoms with Gasteiger partial charge in [0.1, 0.15) is 18.4 Å². The Morgan fingerprint density at radius 1 is 1.00 bits per heavy atom. The van der Waals surface area contributed by atoms with Gasteiger partial charge in [-0.15, -0.1) is 0 Å². The number of carbonyl (C=O) groups is 1. The first kappa shape index (κ1) is 25.6. The summed E-state index contributed by atoms with van der Waals surface area (Å²) in [6.07, 6.45) is 1.36. The van der Waals surface area contributed by atoms with Gasteiger partial charge in [-0.3, -0.25) is 9.10 Å². The highest BCUT2D eigenvalue weighted by molar-refractivity contribution is 7.92. The molecule has 2 rings (SSSR count). The molecule has 0 radical (unpaired) electrons. The second-order valence-corrected chi connectivity index (χ2v) is 11.2. The second kappa shape index (κ2) is 10.8. The lowest BCUT2D eigenvalue weighted by Crippen LogP contribution is -2.49. The van der Waals surface area contributed by atoms with Crippen molar-refractivity contribution in [3.63, 3.8) is 0 Å². The molecule has 1 N–H and O–H groups in total. The largest absolute Gasteiger partial charge is 0.492 e. The van der Waals surface area contributed by atoms with Crippen LogP contribution in [0.25, 0.3) is 0 Å². The molecule has 0 heterocycles. The third-order valence-corrected chi connectivity index (χ3v) is 7.62. The maximum Gasteiger partial charge on any atom is 0.244 e. The number of hydrogen-bond donors (Lipinski definition) is 1. The van der Waals surface area contributed by atoms with E-state index in [1.807, 2.05) is 0 Å². The van der Waals surface area contributed by atoms with Gasteiger partial charge in [-0.2, -0.15) is 0 Å². The standard InChI is InChI=1S/C21H29N3O6S2/c1-5-20(24(31(4,26)27)17-9-7-6-8-10-17)21(25)22-15-16-30-18-11-13-19(14-12-18)32(28,29)23(2)3/h6-14,20H,5,15-16H2,1-4H3,(H,22,25). The van der Waals surface area contributed by atoms with Crippen molar-refractivity contribution in [2.45, 2.75) is 24.3 Å². The van der Waals surface area contributed by atoms with Crippen LogP contribution in [-0.2, 0) is 24.8 Å². The van der Waals surface area contributed by atoms with Crippen molar-refractivity contribution in [2.75, 3.05) is 37.8 Å². The number of ether oxygens (including phenoxy) is 1. The molecule has 32 heavy (non-hydrogen) atoms. The summed E-state index contributed by atoms with van der Waals surface area (Å²) in [5.74, 6) is 0.0175. The minimum absolute atomic E-state index is 0.131. The van der Waals surface area contributed by atoms with Crippen molar-refractivity contribution in [3.05, 3.63) is 54.6 Å². The average molecular weight is 484 g/mol. The second-order valence-electron chi connectivity index (χ2n) is 7.22. The predicted molar refractivity (Wildman–Crippen MR) is 124 cm³/mol. The zero-order valence-electron chi connectivity index (χ0n) is 18.6. The van der Waals surface area contributed by atoms with Crippen LogP contribution in [0.1, 0.15) is 13.3 Å². The number of anilines is 1. The molecule has 2 aromatic rings. The molecule has 0 aliphatic rings. The molecule has 0 aliphatic carbocycles. The molecule has 2 aromatic carbocycles. The summed E-state index contributed by atoms with van der Waals surface area (Å²) in [6.45, 7) is 2.02. The lowest BCUT2D eigenvalue weighted by Gasteiger charge is -2.30. The molecular formula is C21H29N3O6S2. The summed E-state index contributed by atoms with van der Waals surface area (Å²) in [4.78, 5) is 12.9. The van der Waals surface area contributed by atoms with E-state index in [2.05, 4.69) is 5.32 Å². The molecule has 0 spiro atoms. The van der Waals surface area contributed by atoms with Gasteiger partial charge < -0.3 is 10.1 Å². The van der Waals surface area contributed by atoms with Gasteiger partial charge >= 0.3 is 0 Å². The molecular weight excluding hydrogens is 454 g/mol. The van der Waals surface area contributed by atoms with E-state index in [9.17, 15) is 21.6 Å². The van der Waals surface area contributed by atoms with Crippen LogP contribution in [0.3, 0.4) is 0 Å². The van der Waals surface area contributed by atoms with E-state index in [1.165, 1.54) is 38.4 Å². The first-order chi connectivity index (χ1) is 15.0. The van der Waals surface area contributed by atoms with Crippen molar-refractivity contribution in [1.82, 2.24) is 9.62 Å². The van der Waals surface area contributed by atoms with E-state index in [4.69, 9.17) is 4.74 Å². The molecule has 1 atom stereocenters. The van der Waals surface area contributed by atoms with Crippen LogP contribution in [0.2, 0.25) is 0 Å². The lowest BCUT2D eigenvalue weighted by molar-refractivity contribution is -0.122. The monoisotopic (exact) mass is 483 g/mol. The molecule has 11 heteroatoms. The molecule has 1 amide bonds. The Labute approximate surface area is 190 Å². The van der Waals surface area contributed by atoms with E-state index >= 15 is 0 Å². The van der Waals surface area contributed by atoms with Crippen LogP contribution in [0.5, 0.6) is 5.75 Å². The van der Waals surface area contributed by atoms with E-state index in [0.29, 0.717) is 11.4 Å². The van der Waals surface area contributed by atoms with Crippen LogP contribution in [0.15, 0.2) is 59.5 Å². The lowest BCUT2D eigenvalue weighted by atomic mass is 10.2. The van der Waals surface area contributed by atoms with E-state index in [0.717, 1.165) is 14.9 Å². The van der Waals surface area contributed by atoms with Crippen molar-refractivity contribution >= 4 is 31.6 Å². The average Bonchev–Trinajstić information content (AvgIpc) is 2.74. The number of carbonyl (C=O) groups excluding carboxylic acids is 1. The number of benzene rings is 2. The zero-order chi connectivity index (χ0) is 23.9. The fraction of sp³-hybridized carbons (Fsp3) is 0.381. The maximum absolute atomic E-state index is 12.7. The summed E-state index contributed by atoms with van der Waals surface area (Å²) in [5, 5.41) is 2.70. The predicted octanol–water partition coefficient (Wildman–Crippen LogP) is 1.68. The first-order valence-corrected chi connectivity index (χ1v) is 13.2. The van der Waals surface area contributed by atoms with Gasteiger partial charge in [-0.1, -0.05) is 25.1 Å². The highest BCUT2D eigenvalue weighted by Crippen LogP contribution is 2.22. The molecule has 0 bridgehead atoms. The maximum atomic E-state index is 12.7. The van der Waals surface area contributed by atoms with Crippen LogP contribution in [-0.4, -0.2) is 66.6 Å². The van der Waals surface area contributed by atoms with E-state index in [-0.39, 0.29) is 24.5 Å². The van der Waals surface area contributed by atoms with E-state index in [1.54, 1.807) is 37.3 Å². The highest BCUT2D eigenvalue weighted by atomic mass is 32.2. The van der Waals surface area contributed by atoms with E-state index < -0.39 is 32.0 Å². The first-order valence-electron chi connectivity index (χ1n) is 9.96. The molecule has 9 nitrogen and oxygen atoms in total. The number of rotatable bonds is 11. The van der Waals surface area contributed by atoms with Crippen molar-refractivity contribution < 1.29 is 26.4 Å². The number of hydrogen-bond acceptors (Lipinski definition) is 6. The van der Waals surface area contributed by atoms with Gasteiger partial charge in [-0.25, -0.2) is 21.1 Å². The third-order valence-electron chi connectivity index (χ3n) is 4.61. The van der Waals surface area contributed by atoms with Crippen molar-refractivity contribution in [2.24, 2.45) is 0 Å². The van der Waals surface area contributed by atoms with Gasteiger partial charge in [0, 0.05) is 14.1 Å². The topological polar surface area (TPSA) is 113 Å². The number of amides is 1. The van der Waals surface area contributed by atoms with Crippen molar-refractivity contribution in [1.29, 1.82) is 0 Å². The number of nitrogens with one attached hydrogen (secondary N) is 1. The quantitative estimate of drug-likeness (QED) is 0.487. The number of nitrogens with zero attached hydrogens (tertiary/aromatic N) is 2. The molecule has 0 aliphatic heterocycles. The molecule has 176 valence electrons. The Bertz CT molecular complexity index is 1100. The number of sulfonamides is 2. The summed E-state index contributed by atoms with van der Waals surface area (Å²) >= 11 is 0. The summed E-state index contributed by atoms with van der Waals surface area (Å²) in [7, 11) is -4.29. The number of para-hydroxylation sites is 1. The Kier molecular flexibility index (Phi) is 8.65. The SMILES string of the molecule is CCC(C(=O)NCCOc1ccc(S(=O)(=O)N(C)C)cc1)N(c1ccccc1)S(C)(=O)=O. The molecule has 0 fully saturated rings. The summed E-state index contributed by atoms with van der Waals surface area (Å²) in [6, 6.07) is 13.5. The van der Waals surface area contributed by atoms with Crippen LogP contribution in [0, 0.1) is 0 Å². The Morgan fingerprint density at radius 2 is 1.59 bits per heavy atom. The molecule has 1 unspecified atom stereocenters. The van der Waals surface area contributed by atoms with Crippen LogP contribution >= 0.6 is 0 Å². The normalized spacial score (nSPS) is 12.9. The van der Waals surface area contributed by atoms with Gasteiger partial charge in [0.15, 0.2) is 0 Å². The van der Waals surface area contributed by atoms with Gasteiger partial charge in [-0.05, 0) is 42.8 Å². The Balaban J connectivity index is 1.98. The fourth-order valence-corrected chi connectivity index (χ4v) is 5.13. The molecule has 0 saturated heterocycles. The zero-order valence-corrected chi connectivity index (χ0v) is 20.2. The Hall–Kier alpha value is -2.63. The highest BCUT2D eigenvalue weighted by Gasteiger charge is 2.31. The van der Waals surface area contributed by atoms with Crippen LogP contribution < -0.4 is 14.4 Å². The summed E-state index contributed by atoms with van der Waals surface area (Å²) in [5.41, 5.74) is 0.418. The van der Waals surface area contributed by atoms with Gasteiger partial charge in [0.25, 0.3) is 0 Å². The van der Waals surface area contributed by atoms with Gasteiger partial charge in [0.05, 0.1) is 23.4 Å². The smallest absolute Gasteiger partial charge is 0.244 e.